The molecule has 0 saturated carbocycles. The summed E-state index contributed by atoms with van der Waals surface area (Å²) in [6.07, 6.45) is -0.0717. The monoisotopic (exact) mass is 456 g/mol. The van der Waals surface area contributed by atoms with E-state index in [1.165, 1.54) is 21.3 Å². The number of hydrogen-bond acceptors (Lipinski definition) is 7. The predicted octanol–water partition coefficient (Wildman–Crippen LogP) is 2.48. The third-order valence-corrected chi connectivity index (χ3v) is 5.41. The first-order valence-electron chi connectivity index (χ1n) is 10.5. The number of esters is 1. The first-order valence-corrected chi connectivity index (χ1v) is 10.5. The summed E-state index contributed by atoms with van der Waals surface area (Å²) in [6.45, 7) is 2.02. The number of ether oxygens (including phenoxy) is 4. The van der Waals surface area contributed by atoms with Gasteiger partial charge in [-0.2, -0.15) is 0 Å². The summed E-state index contributed by atoms with van der Waals surface area (Å²) in [5.41, 5.74) is 2.12. The maximum Gasteiger partial charge on any atom is 0.325 e. The van der Waals surface area contributed by atoms with Crippen LogP contribution in [-0.4, -0.2) is 57.2 Å². The van der Waals surface area contributed by atoms with E-state index in [9.17, 15) is 14.4 Å². The van der Waals surface area contributed by atoms with Gasteiger partial charge in [0.05, 0.1) is 40.4 Å². The molecule has 0 aromatic heterocycles. The Morgan fingerprint density at radius 2 is 1.73 bits per heavy atom. The van der Waals surface area contributed by atoms with Gasteiger partial charge in [-0.3, -0.25) is 14.4 Å². The molecule has 1 atom stereocenters. The highest BCUT2D eigenvalue weighted by atomic mass is 16.5. The van der Waals surface area contributed by atoms with Crippen LogP contribution in [0, 0.1) is 0 Å². The lowest BCUT2D eigenvalue weighted by atomic mass is 10.00. The molecule has 2 aromatic carbocycles. The fraction of sp³-hybridized carbons (Fsp3) is 0.375. The second-order valence-corrected chi connectivity index (χ2v) is 7.35. The van der Waals surface area contributed by atoms with Crippen LogP contribution in [0.2, 0.25) is 0 Å². The number of carbonyl (C=O) groups excluding carboxylic acids is 3. The normalized spacial score (nSPS) is 13.2. The quantitative estimate of drug-likeness (QED) is 0.548. The molecule has 1 heterocycles. The molecule has 0 spiro atoms. The van der Waals surface area contributed by atoms with Crippen LogP contribution >= 0.6 is 0 Å². The molecule has 0 fully saturated rings. The van der Waals surface area contributed by atoms with E-state index in [0.717, 1.165) is 5.56 Å². The summed E-state index contributed by atoms with van der Waals surface area (Å²) in [5.74, 6) is 0.124. The van der Waals surface area contributed by atoms with Gasteiger partial charge in [-0.1, -0.05) is 18.2 Å². The van der Waals surface area contributed by atoms with E-state index in [1.54, 1.807) is 36.1 Å². The molecule has 9 heteroatoms. The third-order valence-electron chi connectivity index (χ3n) is 5.41. The van der Waals surface area contributed by atoms with Crippen molar-refractivity contribution < 1.29 is 33.3 Å². The van der Waals surface area contributed by atoms with Gasteiger partial charge in [-0.25, -0.2) is 0 Å². The number of nitrogens with zero attached hydrogens (tertiary/aromatic N) is 1. The van der Waals surface area contributed by atoms with Gasteiger partial charge in [0.1, 0.15) is 6.54 Å². The van der Waals surface area contributed by atoms with Gasteiger partial charge in [-0.15, -0.1) is 0 Å². The summed E-state index contributed by atoms with van der Waals surface area (Å²) in [6, 6.07) is 10.1. The Hall–Kier alpha value is -3.75. The zero-order valence-electron chi connectivity index (χ0n) is 19.2. The summed E-state index contributed by atoms with van der Waals surface area (Å²) in [7, 11) is 4.50. The minimum absolute atomic E-state index is 0.0717. The van der Waals surface area contributed by atoms with Crippen LogP contribution < -0.4 is 19.5 Å². The van der Waals surface area contributed by atoms with Crippen LogP contribution in [0.25, 0.3) is 0 Å². The molecule has 1 aliphatic rings. The van der Waals surface area contributed by atoms with Crippen LogP contribution in [0.3, 0.4) is 0 Å². The average Bonchev–Trinajstić information content (AvgIpc) is 3.16. The summed E-state index contributed by atoms with van der Waals surface area (Å²) in [5, 5.41) is 2.57. The number of fused-ring (bicyclic) bond motifs is 1. The molecule has 0 aliphatic carbocycles. The van der Waals surface area contributed by atoms with E-state index in [-0.39, 0.29) is 25.5 Å². The van der Waals surface area contributed by atoms with Crippen LogP contribution in [-0.2, 0) is 20.9 Å². The van der Waals surface area contributed by atoms with E-state index in [0.29, 0.717) is 34.9 Å². The predicted molar refractivity (Wildman–Crippen MR) is 119 cm³/mol. The smallest absolute Gasteiger partial charge is 0.325 e. The summed E-state index contributed by atoms with van der Waals surface area (Å²) >= 11 is 0. The minimum Gasteiger partial charge on any atom is -0.493 e. The van der Waals surface area contributed by atoms with Crippen molar-refractivity contribution in [2.75, 3.05) is 34.5 Å². The zero-order valence-corrected chi connectivity index (χ0v) is 19.2. The molecule has 0 unspecified atom stereocenters. The van der Waals surface area contributed by atoms with E-state index in [4.69, 9.17) is 18.9 Å². The average molecular weight is 456 g/mol. The third kappa shape index (κ3) is 5.19. The Labute approximate surface area is 192 Å². The zero-order chi connectivity index (χ0) is 24.0. The molecular formula is C24H28N2O7. The number of amides is 2. The number of rotatable bonds is 10. The van der Waals surface area contributed by atoms with Gasteiger partial charge in [0.2, 0.25) is 11.7 Å². The Balaban J connectivity index is 1.95. The van der Waals surface area contributed by atoms with E-state index in [1.807, 2.05) is 12.1 Å². The van der Waals surface area contributed by atoms with Gasteiger partial charge in [0.25, 0.3) is 5.91 Å². The SMILES string of the molecule is CCOC(=O)CNC(=O)C[C@@H](c1cc(OC)c(OC)c(OC)c1)N1Cc2ccccc2C1=O. The van der Waals surface area contributed by atoms with Crippen LogP contribution in [0.15, 0.2) is 36.4 Å². The van der Waals surface area contributed by atoms with Crippen molar-refractivity contribution in [3.63, 3.8) is 0 Å². The molecule has 0 saturated heterocycles. The van der Waals surface area contributed by atoms with Crippen molar-refractivity contribution in [2.45, 2.75) is 25.9 Å². The maximum atomic E-state index is 13.2. The first-order chi connectivity index (χ1) is 15.9. The number of benzene rings is 2. The van der Waals surface area contributed by atoms with Gasteiger partial charge in [0.15, 0.2) is 11.5 Å². The molecule has 2 amide bonds. The lowest BCUT2D eigenvalue weighted by Crippen LogP contribution is -2.36. The van der Waals surface area contributed by atoms with Gasteiger partial charge in [-0.05, 0) is 36.2 Å². The number of nitrogens with one attached hydrogen (secondary N) is 1. The van der Waals surface area contributed by atoms with Crippen LogP contribution in [0.1, 0.15) is 40.9 Å². The molecule has 1 N–H and O–H groups in total. The van der Waals surface area contributed by atoms with Crippen molar-refractivity contribution in [1.82, 2.24) is 10.2 Å². The summed E-state index contributed by atoms with van der Waals surface area (Å²) in [4.78, 5) is 39.3. The fourth-order valence-electron chi connectivity index (χ4n) is 3.86. The Kier molecular flexibility index (Phi) is 7.76. The molecule has 0 radical (unpaired) electrons. The maximum absolute atomic E-state index is 13.2. The van der Waals surface area contributed by atoms with E-state index in [2.05, 4.69) is 5.32 Å². The summed E-state index contributed by atoms with van der Waals surface area (Å²) < 4.78 is 21.2. The molecule has 9 nitrogen and oxygen atoms in total. The molecular weight excluding hydrogens is 428 g/mol. The van der Waals surface area contributed by atoms with Crippen molar-refractivity contribution in [2.24, 2.45) is 0 Å². The van der Waals surface area contributed by atoms with Crippen molar-refractivity contribution in [3.8, 4) is 17.2 Å². The highest BCUT2D eigenvalue weighted by Crippen LogP contribution is 2.42. The number of carbonyl (C=O) groups is 3. The Morgan fingerprint density at radius 3 is 2.30 bits per heavy atom. The molecule has 0 bridgehead atoms. The van der Waals surface area contributed by atoms with Gasteiger partial charge in [0, 0.05) is 12.1 Å². The Bertz CT molecular complexity index is 1010. The first kappa shape index (κ1) is 23.9. The van der Waals surface area contributed by atoms with Crippen molar-refractivity contribution in [3.05, 3.63) is 53.1 Å². The molecule has 1 aliphatic heterocycles. The lowest BCUT2D eigenvalue weighted by Gasteiger charge is -2.29. The largest absolute Gasteiger partial charge is 0.493 e. The van der Waals surface area contributed by atoms with Gasteiger partial charge < -0.3 is 29.2 Å². The van der Waals surface area contributed by atoms with Crippen LogP contribution in [0.4, 0.5) is 0 Å². The molecule has 176 valence electrons. The minimum atomic E-state index is -0.638. The second-order valence-electron chi connectivity index (χ2n) is 7.35. The van der Waals surface area contributed by atoms with E-state index >= 15 is 0 Å². The fourth-order valence-corrected chi connectivity index (χ4v) is 3.86. The Morgan fingerprint density at radius 1 is 1.06 bits per heavy atom. The van der Waals surface area contributed by atoms with E-state index < -0.39 is 17.9 Å². The van der Waals surface area contributed by atoms with Crippen molar-refractivity contribution in [1.29, 1.82) is 0 Å². The molecule has 33 heavy (non-hydrogen) atoms. The topological polar surface area (TPSA) is 103 Å². The number of methoxy groups -OCH3 is 3. The highest BCUT2D eigenvalue weighted by molar-refractivity contribution is 5.99. The molecule has 2 aromatic rings. The number of hydrogen-bond donors (Lipinski definition) is 1. The second kappa shape index (κ2) is 10.7. The lowest BCUT2D eigenvalue weighted by molar-refractivity contribution is -0.143. The van der Waals surface area contributed by atoms with Crippen molar-refractivity contribution >= 4 is 17.8 Å². The standard InChI is InChI=1S/C24H28N2O7/c1-5-33-22(28)13-25-21(27)12-18(26-14-15-8-6-7-9-17(15)24(26)29)16-10-19(30-2)23(32-4)20(11-16)31-3/h6-11,18H,5,12-14H2,1-4H3,(H,25,27)/t18-/m0/s1. The molecule has 3 rings (SSSR count). The van der Waals surface area contributed by atoms with Crippen LogP contribution in [0.5, 0.6) is 17.2 Å². The van der Waals surface area contributed by atoms with Gasteiger partial charge >= 0.3 is 5.97 Å². The highest BCUT2D eigenvalue weighted by Gasteiger charge is 2.35.